The Labute approximate surface area is 141 Å². The highest BCUT2D eigenvalue weighted by Crippen LogP contribution is 2.24. The van der Waals surface area contributed by atoms with E-state index in [2.05, 4.69) is 5.10 Å². The number of hydrogen-bond acceptors (Lipinski definition) is 4. The van der Waals surface area contributed by atoms with Crippen molar-refractivity contribution in [3.05, 3.63) is 59.7 Å². The summed E-state index contributed by atoms with van der Waals surface area (Å²) in [6, 6.07) is 14.2. The molecule has 0 aliphatic carbocycles. The van der Waals surface area contributed by atoms with Gasteiger partial charge in [-0.1, -0.05) is 29.8 Å². The third kappa shape index (κ3) is 3.38. The van der Waals surface area contributed by atoms with Crippen molar-refractivity contribution in [2.75, 3.05) is 11.3 Å². The summed E-state index contributed by atoms with van der Waals surface area (Å²) in [6.07, 6.45) is 2.13. The molecule has 124 valence electrons. The minimum Gasteiger partial charge on any atom is -0.273 e. The minimum absolute atomic E-state index is 0.0991. The molecule has 5 nitrogen and oxygen atoms in total. The maximum Gasteiger partial charge on any atom is 0.247 e. The summed E-state index contributed by atoms with van der Waals surface area (Å²) in [5.74, 6) is -0.0991. The second kappa shape index (κ2) is 6.20. The first-order valence-electron chi connectivity index (χ1n) is 7.62. The van der Waals surface area contributed by atoms with E-state index < -0.39 is 9.84 Å². The molecule has 0 unspecified atom stereocenters. The van der Waals surface area contributed by atoms with Crippen LogP contribution in [0.1, 0.15) is 24.0 Å². The molecule has 3 rings (SSSR count). The van der Waals surface area contributed by atoms with Crippen molar-refractivity contribution in [1.29, 1.82) is 0 Å². The zero-order chi connectivity index (χ0) is 17.3. The average molecular weight is 342 g/mol. The molecule has 1 heterocycles. The lowest BCUT2D eigenvalue weighted by Crippen LogP contribution is -2.31. The molecule has 0 N–H and O–H groups in total. The highest BCUT2D eigenvalue weighted by atomic mass is 32.2. The molecule has 1 aliphatic heterocycles. The molecule has 1 aliphatic rings. The molecule has 24 heavy (non-hydrogen) atoms. The second-order valence-corrected chi connectivity index (χ2v) is 7.90. The van der Waals surface area contributed by atoms with Crippen LogP contribution in [0.4, 0.5) is 5.69 Å². The van der Waals surface area contributed by atoms with Crippen molar-refractivity contribution >= 4 is 27.1 Å². The fourth-order valence-corrected chi connectivity index (χ4v) is 3.17. The number of rotatable bonds is 3. The van der Waals surface area contributed by atoms with E-state index in [4.69, 9.17) is 0 Å². The Morgan fingerprint density at radius 3 is 2.17 bits per heavy atom. The maximum atomic E-state index is 12.2. The van der Waals surface area contributed by atoms with Gasteiger partial charge < -0.3 is 0 Å². The van der Waals surface area contributed by atoms with Crippen LogP contribution in [-0.2, 0) is 14.6 Å². The van der Waals surface area contributed by atoms with Crippen LogP contribution in [0.15, 0.2) is 58.5 Å². The van der Waals surface area contributed by atoms with Crippen LogP contribution < -0.4 is 5.01 Å². The molecule has 0 bridgehead atoms. The Bertz CT molecular complexity index is 898. The standard InChI is InChI=1S/C18H18N2O3S/c1-13-3-5-14(6-4-13)17-11-12-18(21)20(19-17)15-7-9-16(10-8-15)24(2,22)23/h3-10H,11-12H2,1-2H3. The summed E-state index contributed by atoms with van der Waals surface area (Å²) in [5.41, 5.74) is 3.57. The van der Waals surface area contributed by atoms with Gasteiger partial charge in [-0.2, -0.15) is 5.10 Å². The number of hydrazone groups is 1. The van der Waals surface area contributed by atoms with Gasteiger partial charge >= 0.3 is 0 Å². The van der Waals surface area contributed by atoms with Gasteiger partial charge in [-0.15, -0.1) is 0 Å². The van der Waals surface area contributed by atoms with E-state index in [0.29, 0.717) is 18.5 Å². The minimum atomic E-state index is -3.26. The van der Waals surface area contributed by atoms with E-state index in [1.807, 2.05) is 31.2 Å². The fourth-order valence-electron chi connectivity index (χ4n) is 2.54. The highest BCUT2D eigenvalue weighted by molar-refractivity contribution is 7.90. The monoisotopic (exact) mass is 342 g/mol. The van der Waals surface area contributed by atoms with Crippen LogP contribution >= 0.6 is 0 Å². The van der Waals surface area contributed by atoms with Crippen molar-refractivity contribution in [1.82, 2.24) is 0 Å². The lowest BCUT2D eigenvalue weighted by Gasteiger charge is -2.24. The van der Waals surface area contributed by atoms with E-state index in [9.17, 15) is 13.2 Å². The Balaban J connectivity index is 1.95. The van der Waals surface area contributed by atoms with E-state index in [1.165, 1.54) is 22.7 Å². The highest BCUT2D eigenvalue weighted by Gasteiger charge is 2.23. The number of benzene rings is 2. The van der Waals surface area contributed by atoms with Crippen LogP contribution in [-0.4, -0.2) is 26.3 Å². The molecule has 0 spiro atoms. The summed E-state index contributed by atoms with van der Waals surface area (Å²) in [6.45, 7) is 2.02. The van der Waals surface area contributed by atoms with Crippen molar-refractivity contribution < 1.29 is 13.2 Å². The predicted octanol–water partition coefficient (Wildman–Crippen LogP) is 2.93. The smallest absolute Gasteiger partial charge is 0.247 e. The average Bonchev–Trinajstić information content (AvgIpc) is 2.55. The first-order chi connectivity index (χ1) is 11.3. The van der Waals surface area contributed by atoms with Crippen LogP contribution in [0.25, 0.3) is 0 Å². The predicted molar refractivity (Wildman–Crippen MR) is 94.0 cm³/mol. The zero-order valence-corrected chi connectivity index (χ0v) is 14.4. The van der Waals surface area contributed by atoms with Crippen molar-refractivity contribution in [2.24, 2.45) is 5.10 Å². The number of sulfone groups is 1. The Hall–Kier alpha value is -2.47. The third-order valence-electron chi connectivity index (χ3n) is 3.93. The lowest BCUT2D eigenvalue weighted by molar-refractivity contribution is -0.118. The lowest BCUT2D eigenvalue weighted by atomic mass is 10.0. The van der Waals surface area contributed by atoms with Gasteiger partial charge in [-0.3, -0.25) is 4.79 Å². The summed E-state index contributed by atoms with van der Waals surface area (Å²) in [7, 11) is -3.26. The van der Waals surface area contributed by atoms with Crippen LogP contribution in [0.2, 0.25) is 0 Å². The van der Waals surface area contributed by atoms with Crippen LogP contribution in [0, 0.1) is 6.92 Å². The molecule has 0 fully saturated rings. The summed E-state index contributed by atoms with van der Waals surface area (Å²) in [5, 5.41) is 5.83. The summed E-state index contributed by atoms with van der Waals surface area (Å²) < 4.78 is 23.1. The maximum absolute atomic E-state index is 12.2. The molecule has 0 radical (unpaired) electrons. The van der Waals surface area contributed by atoms with Gasteiger partial charge in [0.05, 0.1) is 16.3 Å². The number of nitrogens with zero attached hydrogens (tertiary/aromatic N) is 2. The molecule has 6 heteroatoms. The number of carbonyl (C=O) groups excluding carboxylic acids is 1. The number of hydrogen-bond donors (Lipinski definition) is 0. The number of aryl methyl sites for hydroxylation is 1. The first-order valence-corrected chi connectivity index (χ1v) is 9.51. The van der Waals surface area contributed by atoms with E-state index >= 15 is 0 Å². The molecule has 1 amide bonds. The van der Waals surface area contributed by atoms with Gasteiger partial charge in [0.1, 0.15) is 0 Å². The van der Waals surface area contributed by atoms with Gasteiger partial charge in [0, 0.05) is 19.1 Å². The molecular weight excluding hydrogens is 324 g/mol. The number of amides is 1. The van der Waals surface area contributed by atoms with E-state index in [0.717, 1.165) is 17.5 Å². The third-order valence-corrected chi connectivity index (χ3v) is 5.06. The van der Waals surface area contributed by atoms with E-state index in [1.54, 1.807) is 12.1 Å². The van der Waals surface area contributed by atoms with Crippen molar-refractivity contribution in [3.8, 4) is 0 Å². The van der Waals surface area contributed by atoms with Crippen molar-refractivity contribution in [2.45, 2.75) is 24.7 Å². The topological polar surface area (TPSA) is 66.8 Å². The van der Waals surface area contributed by atoms with Crippen molar-refractivity contribution in [3.63, 3.8) is 0 Å². The number of anilines is 1. The summed E-state index contributed by atoms with van der Waals surface area (Å²) in [4.78, 5) is 12.4. The molecule has 0 saturated heterocycles. The van der Waals surface area contributed by atoms with Crippen LogP contribution in [0.5, 0.6) is 0 Å². The second-order valence-electron chi connectivity index (χ2n) is 5.88. The molecule has 2 aromatic rings. The SMILES string of the molecule is Cc1ccc(C2=NN(c3ccc(S(C)(=O)=O)cc3)C(=O)CC2)cc1. The molecule has 0 saturated carbocycles. The van der Waals surface area contributed by atoms with Gasteiger partial charge in [0.2, 0.25) is 5.91 Å². The molecular formula is C18H18N2O3S. The summed E-state index contributed by atoms with van der Waals surface area (Å²) >= 11 is 0. The Morgan fingerprint density at radius 1 is 0.958 bits per heavy atom. The normalized spacial score (nSPS) is 15.3. The quantitative estimate of drug-likeness (QED) is 0.861. The molecule has 2 aromatic carbocycles. The van der Waals surface area contributed by atoms with E-state index in [-0.39, 0.29) is 10.8 Å². The largest absolute Gasteiger partial charge is 0.273 e. The Morgan fingerprint density at radius 2 is 1.58 bits per heavy atom. The van der Waals surface area contributed by atoms with Gasteiger partial charge in [-0.25, -0.2) is 13.4 Å². The Kier molecular flexibility index (Phi) is 4.24. The molecule has 0 atom stereocenters. The first kappa shape index (κ1) is 16.4. The van der Waals surface area contributed by atoms with Gasteiger partial charge in [0.15, 0.2) is 9.84 Å². The van der Waals surface area contributed by atoms with Crippen LogP contribution in [0.3, 0.4) is 0 Å². The molecule has 0 aromatic heterocycles. The zero-order valence-electron chi connectivity index (χ0n) is 13.6. The van der Waals surface area contributed by atoms with Gasteiger partial charge in [0.25, 0.3) is 0 Å². The fraction of sp³-hybridized carbons (Fsp3) is 0.222. The van der Waals surface area contributed by atoms with Gasteiger partial charge in [-0.05, 0) is 36.8 Å². The number of carbonyl (C=O) groups is 1.